The Morgan fingerprint density at radius 3 is 2.47 bits per heavy atom. The third-order valence-electron chi connectivity index (χ3n) is 9.78. The number of rotatable bonds is 12. The van der Waals surface area contributed by atoms with Crippen molar-refractivity contribution in [3.05, 3.63) is 70.9 Å². The molecule has 1 aromatic heterocycles. The number of hydrogen-bond donors (Lipinski definition) is 2. The third-order valence-corrected chi connectivity index (χ3v) is 12.1. The van der Waals surface area contributed by atoms with Gasteiger partial charge in [-0.15, -0.1) is 11.8 Å². The molecule has 2 amide bonds. The summed E-state index contributed by atoms with van der Waals surface area (Å²) in [5.41, 5.74) is 1.98. The molecule has 0 saturated carbocycles. The number of aliphatic hydroxyl groups is 1. The third kappa shape index (κ3) is 9.14. The number of aliphatic hydroxyl groups excluding tert-OH is 1. The van der Waals surface area contributed by atoms with Crippen LogP contribution in [0.3, 0.4) is 0 Å². The number of nitrogens with one attached hydrogen (secondary N) is 1. The number of carbonyl (C=O) groups excluding carboxylic acids is 2. The predicted octanol–water partition coefficient (Wildman–Crippen LogP) is 3.74. The van der Waals surface area contributed by atoms with Gasteiger partial charge in [-0.2, -0.15) is 22.6 Å². The maximum atomic E-state index is 14.1. The number of thioether (sulfide) groups is 1. The minimum Gasteiger partial charge on any atom is -0.390 e. The van der Waals surface area contributed by atoms with Crippen molar-refractivity contribution in [3.63, 3.8) is 0 Å². The van der Waals surface area contributed by atoms with Gasteiger partial charge in [0.05, 0.1) is 35.9 Å². The van der Waals surface area contributed by atoms with E-state index in [0.717, 1.165) is 74.2 Å². The van der Waals surface area contributed by atoms with E-state index in [-0.39, 0.29) is 48.8 Å². The summed E-state index contributed by atoms with van der Waals surface area (Å²) < 4.78 is 70.5. The highest BCUT2D eigenvalue weighted by atomic mass is 32.2. The molecule has 4 heterocycles. The summed E-state index contributed by atoms with van der Waals surface area (Å²) in [4.78, 5) is 28.8. The van der Waals surface area contributed by atoms with Crippen LogP contribution in [0.25, 0.3) is 11.3 Å². The van der Waals surface area contributed by atoms with Crippen molar-refractivity contribution in [2.75, 3.05) is 44.7 Å². The predicted molar refractivity (Wildman–Crippen MR) is 187 cm³/mol. The first-order valence-corrected chi connectivity index (χ1v) is 20.0. The van der Waals surface area contributed by atoms with Crippen LogP contribution in [0.1, 0.15) is 48.1 Å². The highest BCUT2D eigenvalue weighted by Crippen LogP contribution is 2.40. The summed E-state index contributed by atoms with van der Waals surface area (Å²) in [5.74, 6) is -0.452. The molecule has 11 nitrogen and oxygen atoms in total. The first-order chi connectivity index (χ1) is 24.3. The monoisotopic (exact) mass is 748 g/mol. The fraction of sp³-hybridized carbons (Fsp3) is 0.514. The van der Waals surface area contributed by atoms with Crippen molar-refractivity contribution < 1.29 is 36.3 Å². The molecule has 3 aromatic rings. The van der Waals surface area contributed by atoms with Crippen LogP contribution in [-0.2, 0) is 51.8 Å². The van der Waals surface area contributed by atoms with Crippen LogP contribution in [0.2, 0.25) is 0 Å². The number of sulfonamides is 1. The van der Waals surface area contributed by atoms with Gasteiger partial charge >= 0.3 is 6.18 Å². The van der Waals surface area contributed by atoms with E-state index in [0.29, 0.717) is 36.2 Å². The fourth-order valence-electron chi connectivity index (χ4n) is 7.17. The van der Waals surface area contributed by atoms with E-state index < -0.39 is 33.8 Å². The zero-order chi connectivity index (χ0) is 36.3. The number of halogens is 3. The van der Waals surface area contributed by atoms with Gasteiger partial charge < -0.3 is 20.2 Å². The number of likely N-dealkylation sites (tertiary alicyclic amines) is 2. The van der Waals surface area contributed by atoms with Crippen molar-refractivity contribution in [3.8, 4) is 11.3 Å². The molecule has 16 heteroatoms. The van der Waals surface area contributed by atoms with Crippen LogP contribution in [-0.4, -0.2) is 106 Å². The molecule has 0 aliphatic carbocycles. The molecule has 6 rings (SSSR count). The van der Waals surface area contributed by atoms with Crippen LogP contribution in [0, 0.1) is 0 Å². The average Bonchev–Trinajstić information content (AvgIpc) is 3.69. The Morgan fingerprint density at radius 2 is 1.80 bits per heavy atom. The number of alkyl halides is 3. The van der Waals surface area contributed by atoms with E-state index in [9.17, 15) is 36.3 Å². The molecule has 2 fully saturated rings. The maximum Gasteiger partial charge on any atom is 0.417 e. The van der Waals surface area contributed by atoms with Gasteiger partial charge in [-0.3, -0.25) is 14.3 Å². The summed E-state index contributed by atoms with van der Waals surface area (Å²) in [5, 5.41) is 18.7. The molecule has 2 aromatic carbocycles. The summed E-state index contributed by atoms with van der Waals surface area (Å²) >= 11 is 0.773. The Morgan fingerprint density at radius 1 is 1.06 bits per heavy atom. The van der Waals surface area contributed by atoms with Gasteiger partial charge in [0.15, 0.2) is 0 Å². The van der Waals surface area contributed by atoms with Gasteiger partial charge in [-0.25, -0.2) is 8.42 Å². The lowest BCUT2D eigenvalue weighted by Crippen LogP contribution is -2.47. The standard InChI is InChI=1S/C35H43F3N6O5S2/c1-51(48,49)42-17-13-30-28(22-42)34(40-44(30)21-27(45)20-41-15-11-26(12-16-41)43-14-5-8-33(43)47)25-9-10-29(35(36,37)38)31(18-25)50-23-32(46)39-19-24-6-3-2-4-7-24/h2-4,6-7,9-10,18,26-27,45H,5,8,11-17,19-23H2,1H3,(H,39,46). The molecular weight excluding hydrogens is 706 g/mol. The van der Waals surface area contributed by atoms with Gasteiger partial charge in [-0.1, -0.05) is 36.4 Å². The Balaban J connectivity index is 1.20. The fourth-order valence-corrected chi connectivity index (χ4v) is 8.90. The van der Waals surface area contributed by atoms with E-state index in [1.54, 1.807) is 4.68 Å². The molecule has 0 radical (unpaired) electrons. The van der Waals surface area contributed by atoms with Gasteiger partial charge in [0, 0.05) is 86.4 Å². The first-order valence-electron chi connectivity index (χ1n) is 17.1. The van der Waals surface area contributed by atoms with E-state index in [1.165, 1.54) is 16.4 Å². The molecular formula is C35H43F3N6O5S2. The molecule has 2 saturated heterocycles. The van der Waals surface area contributed by atoms with Crippen molar-refractivity contribution >= 4 is 33.6 Å². The quantitative estimate of drug-likeness (QED) is 0.269. The van der Waals surface area contributed by atoms with Crippen LogP contribution in [0.4, 0.5) is 13.2 Å². The van der Waals surface area contributed by atoms with Crippen molar-refractivity contribution in [2.24, 2.45) is 0 Å². The molecule has 51 heavy (non-hydrogen) atoms. The van der Waals surface area contributed by atoms with E-state index >= 15 is 0 Å². The first kappa shape index (κ1) is 37.3. The van der Waals surface area contributed by atoms with Crippen molar-refractivity contribution in [1.29, 1.82) is 0 Å². The lowest BCUT2D eigenvalue weighted by Gasteiger charge is -2.37. The minimum atomic E-state index is -4.67. The number of carbonyl (C=O) groups is 2. The average molecular weight is 749 g/mol. The van der Waals surface area contributed by atoms with E-state index in [4.69, 9.17) is 5.10 Å². The van der Waals surface area contributed by atoms with Crippen molar-refractivity contribution in [2.45, 2.75) is 75.0 Å². The lowest BCUT2D eigenvalue weighted by molar-refractivity contribution is -0.139. The number of amides is 2. The number of piperidine rings is 1. The molecule has 3 aliphatic rings. The largest absolute Gasteiger partial charge is 0.417 e. The minimum absolute atomic E-state index is 0.00623. The molecule has 1 atom stereocenters. The van der Waals surface area contributed by atoms with E-state index in [2.05, 4.69) is 10.2 Å². The summed E-state index contributed by atoms with van der Waals surface area (Å²) in [6.07, 6.45) is -0.867. The number of fused-ring (bicyclic) bond motifs is 1. The highest BCUT2D eigenvalue weighted by Gasteiger charge is 2.36. The molecule has 3 aliphatic heterocycles. The molecule has 276 valence electrons. The molecule has 0 spiro atoms. The zero-order valence-electron chi connectivity index (χ0n) is 28.4. The molecule has 0 bridgehead atoms. The Hall–Kier alpha value is -3.44. The Bertz CT molecular complexity index is 1830. The summed E-state index contributed by atoms with van der Waals surface area (Å²) in [6, 6.07) is 13.1. The number of benzene rings is 2. The Kier molecular flexibility index (Phi) is 11.5. The second-order valence-electron chi connectivity index (χ2n) is 13.4. The van der Waals surface area contributed by atoms with Crippen LogP contribution in [0.15, 0.2) is 53.4 Å². The number of hydrogen-bond acceptors (Lipinski definition) is 8. The highest BCUT2D eigenvalue weighted by molar-refractivity contribution is 8.00. The topological polar surface area (TPSA) is 128 Å². The number of β-amino-alcohol motifs (C(OH)–C–C–N with tert-alkyl or cyclic N) is 1. The van der Waals surface area contributed by atoms with Crippen LogP contribution < -0.4 is 5.32 Å². The summed E-state index contributed by atoms with van der Waals surface area (Å²) in [7, 11) is -3.57. The Labute approximate surface area is 300 Å². The zero-order valence-corrected chi connectivity index (χ0v) is 30.1. The van der Waals surface area contributed by atoms with Gasteiger partial charge in [-0.05, 0) is 37.0 Å². The molecule has 1 unspecified atom stereocenters. The van der Waals surface area contributed by atoms with Crippen LogP contribution in [0.5, 0.6) is 0 Å². The van der Waals surface area contributed by atoms with Gasteiger partial charge in [0.25, 0.3) is 0 Å². The molecule has 2 N–H and O–H groups in total. The van der Waals surface area contributed by atoms with Gasteiger partial charge in [0.2, 0.25) is 21.8 Å². The van der Waals surface area contributed by atoms with Crippen LogP contribution >= 0.6 is 11.8 Å². The SMILES string of the molecule is CS(=O)(=O)N1CCc2c(c(-c3ccc(C(F)(F)F)c(SCC(=O)NCc4ccccc4)c3)nn2CC(O)CN2CCC(N3CCCC3=O)CC2)C1. The second-order valence-corrected chi connectivity index (χ2v) is 16.4. The summed E-state index contributed by atoms with van der Waals surface area (Å²) in [6.45, 7) is 3.25. The normalized spacial score (nSPS) is 18.6. The number of nitrogens with zero attached hydrogens (tertiary/aromatic N) is 5. The lowest BCUT2D eigenvalue weighted by atomic mass is 10.0. The maximum absolute atomic E-state index is 14.1. The smallest absolute Gasteiger partial charge is 0.390 e. The number of aromatic nitrogens is 2. The van der Waals surface area contributed by atoms with E-state index in [1.807, 2.05) is 35.2 Å². The second kappa shape index (κ2) is 15.7. The van der Waals surface area contributed by atoms with Gasteiger partial charge in [0.1, 0.15) is 0 Å². The van der Waals surface area contributed by atoms with Crippen molar-refractivity contribution in [1.82, 2.24) is 29.2 Å².